The predicted octanol–water partition coefficient (Wildman–Crippen LogP) is 3.47. The number of rotatable bonds is 6. The normalized spacial score (nSPS) is 19.3. The second-order valence-electron chi connectivity index (χ2n) is 7.21. The molecule has 0 saturated carbocycles. The first kappa shape index (κ1) is 24.5. The highest BCUT2D eigenvalue weighted by Crippen LogP contribution is 2.35. The van der Waals surface area contributed by atoms with Crippen LogP contribution in [-0.4, -0.2) is 57.2 Å². The van der Waals surface area contributed by atoms with Gasteiger partial charge < -0.3 is 14.0 Å². The lowest BCUT2D eigenvalue weighted by Crippen LogP contribution is -2.51. The monoisotopic (exact) mass is 509 g/mol. The van der Waals surface area contributed by atoms with Gasteiger partial charge in [-0.25, -0.2) is 4.39 Å². The van der Waals surface area contributed by atoms with Crippen LogP contribution in [0.5, 0.6) is 0 Å². The van der Waals surface area contributed by atoms with Crippen LogP contribution in [0.25, 0.3) is 0 Å². The standard InChI is InChI=1S/C19H22Cl2FN3O4S2/c1-23(30(2,26)27)13-14-5-3-8-17(18(14)22)24-9-11-25(12-10-24)31(28,29)19-15(20)6-4-7-16(19)21/h3-8H,9-13H2,1-2H3. The van der Waals surface area contributed by atoms with Gasteiger partial charge in [0.05, 0.1) is 35.4 Å². The Labute approximate surface area is 193 Å². The Hall–Kier alpha value is -1.11. The Kier molecular flexibility index (Phi) is 7.44. The van der Waals surface area contributed by atoms with Crippen LogP contribution in [0, 0.1) is 5.82 Å². The molecule has 1 heterocycles. The Balaban J connectivity index is 1.76. The zero-order valence-corrected chi connectivity index (χ0v) is 20.1. The van der Waals surface area contributed by atoms with Gasteiger partial charge in [-0.2, -0.15) is 0 Å². The summed E-state index contributed by atoms with van der Waals surface area (Å²) in [6.07, 6.45) is 1.06. The fourth-order valence-electron chi connectivity index (χ4n) is 3.32. The Morgan fingerprint density at radius 3 is 2.13 bits per heavy atom. The first-order valence-corrected chi connectivity index (χ1v) is 13.3. The van der Waals surface area contributed by atoms with Gasteiger partial charge in [0.2, 0.25) is 4.90 Å². The fourth-order valence-corrected chi connectivity index (χ4v) is 6.20. The van der Waals surface area contributed by atoms with Crippen LogP contribution in [-0.2, 0) is 35.8 Å². The van der Waals surface area contributed by atoms with Gasteiger partial charge in [-0.05, 0) is 18.2 Å². The maximum Gasteiger partial charge on any atom is 0.212 e. The van der Waals surface area contributed by atoms with Gasteiger partial charge in [0, 0.05) is 25.7 Å². The van der Waals surface area contributed by atoms with Crippen molar-refractivity contribution in [1.82, 2.24) is 8.61 Å². The molecule has 0 bridgehead atoms. The van der Waals surface area contributed by atoms with Crippen molar-refractivity contribution in [3.63, 3.8) is 0 Å². The van der Waals surface area contributed by atoms with E-state index >= 15 is 4.39 Å². The maximum atomic E-state index is 15.1. The van der Waals surface area contributed by atoms with Crippen LogP contribution in [0.1, 0.15) is 5.56 Å². The molecule has 3 rings (SSSR count). The molecule has 1 aliphatic rings. The van der Waals surface area contributed by atoms with E-state index in [4.69, 9.17) is 23.2 Å². The molecule has 0 aromatic heterocycles. The molecule has 0 amide bonds. The summed E-state index contributed by atoms with van der Waals surface area (Å²) in [5.41, 5.74) is 0.538. The number of piperazine rings is 1. The van der Waals surface area contributed by atoms with E-state index in [0.29, 0.717) is 5.69 Å². The van der Waals surface area contributed by atoms with Crippen molar-refractivity contribution < 1.29 is 21.9 Å². The van der Waals surface area contributed by atoms with E-state index in [1.54, 1.807) is 23.1 Å². The zero-order chi connectivity index (χ0) is 23.0. The lowest BCUT2D eigenvalue weighted by atomic mass is 10.1. The first-order chi connectivity index (χ1) is 14.4. The Morgan fingerprint density at radius 1 is 1.03 bits per heavy atom. The number of benzene rings is 2. The lowest BCUT2D eigenvalue weighted by Gasteiger charge is -2.37. The van der Waals surface area contributed by atoms with Gasteiger partial charge in [0.25, 0.3) is 0 Å². The summed E-state index contributed by atoms with van der Waals surface area (Å²) in [6, 6.07) is 9.26. The highest BCUT2D eigenvalue weighted by Gasteiger charge is 2.37. The van der Waals surface area contributed by atoms with Crippen molar-refractivity contribution >= 4 is 49.7 Å². The molecule has 1 fully saturated rings. The quantitative estimate of drug-likeness (QED) is 0.556. The maximum absolute atomic E-state index is 15.1. The van der Waals surface area contributed by atoms with Crippen molar-refractivity contribution in [2.24, 2.45) is 0 Å². The van der Waals surface area contributed by atoms with E-state index in [9.17, 15) is 17.5 Å². The van der Waals surface area contributed by atoms with Crippen molar-refractivity contribution in [2.45, 2.75) is 11.4 Å². The van der Waals surface area contributed by atoms with Crippen molar-refractivity contribution in [3.8, 4) is 0 Å². The second kappa shape index (κ2) is 9.40. The van der Waals surface area contributed by atoms with E-state index in [-0.39, 0.29) is 53.2 Å². The number of hydrogen-bond acceptors (Lipinski definition) is 5. The van der Waals surface area contributed by atoms with Gasteiger partial charge in [-0.1, -0.05) is 49.8 Å². The molecule has 2 atom stereocenters. The fraction of sp³-hybridized carbons (Fsp3) is 0.368. The predicted molar refractivity (Wildman–Crippen MR) is 120 cm³/mol. The third-order valence-corrected chi connectivity index (χ3v) is 9.23. The molecule has 12 heteroatoms. The highest BCUT2D eigenvalue weighted by atomic mass is 35.5. The molecule has 2 unspecified atom stereocenters. The molecule has 0 N–H and O–H groups in total. The van der Waals surface area contributed by atoms with Crippen LogP contribution in [0.2, 0.25) is 10.0 Å². The van der Waals surface area contributed by atoms with Crippen molar-refractivity contribution in [3.05, 3.63) is 57.8 Å². The van der Waals surface area contributed by atoms with Gasteiger partial charge in [0.15, 0.2) is 16.2 Å². The second-order valence-corrected chi connectivity index (χ2v) is 12.0. The summed E-state index contributed by atoms with van der Waals surface area (Å²) in [5, 5.41) is 0.0901. The number of hydrogen-bond donors (Lipinski definition) is 0. The van der Waals surface area contributed by atoms with Crippen molar-refractivity contribution in [2.75, 3.05) is 44.4 Å². The van der Waals surface area contributed by atoms with Crippen LogP contribution >= 0.6 is 23.2 Å². The van der Waals surface area contributed by atoms with Crippen LogP contribution < -0.4 is 4.90 Å². The molecular formula is C19H22Cl2FN3O4S2. The molecule has 0 spiro atoms. The molecule has 2 aromatic carbocycles. The van der Waals surface area contributed by atoms with E-state index in [1.807, 2.05) is 0 Å². The smallest absolute Gasteiger partial charge is 0.212 e. The van der Waals surface area contributed by atoms with Crippen molar-refractivity contribution in [1.29, 1.82) is 0 Å². The molecule has 1 aliphatic heterocycles. The first-order valence-electron chi connectivity index (χ1n) is 9.30. The third kappa shape index (κ3) is 5.28. The number of halogens is 3. The average molecular weight is 510 g/mol. The average Bonchev–Trinajstić information content (AvgIpc) is 2.68. The van der Waals surface area contributed by atoms with E-state index in [2.05, 4.69) is 0 Å². The van der Waals surface area contributed by atoms with E-state index < -0.39 is 26.6 Å². The molecule has 0 radical (unpaired) electrons. The Morgan fingerprint density at radius 2 is 1.58 bits per heavy atom. The summed E-state index contributed by atoms with van der Waals surface area (Å²) in [5.74, 6) is -0.525. The topological polar surface area (TPSA) is 90.0 Å². The summed E-state index contributed by atoms with van der Waals surface area (Å²) in [7, 11) is -5.98. The molecule has 31 heavy (non-hydrogen) atoms. The number of anilines is 1. The number of nitrogens with zero attached hydrogens (tertiary/aromatic N) is 3. The summed E-state index contributed by atoms with van der Waals surface area (Å²) in [6.45, 7) is 0.651. The summed E-state index contributed by atoms with van der Waals surface area (Å²) < 4.78 is 66.7. The van der Waals surface area contributed by atoms with E-state index in [0.717, 1.165) is 10.6 Å². The van der Waals surface area contributed by atoms with Gasteiger partial charge in [-0.3, -0.25) is 0 Å². The third-order valence-electron chi connectivity index (χ3n) is 5.11. The minimum atomic E-state index is -3.90. The number of sulfonamides is 2. The molecular weight excluding hydrogens is 488 g/mol. The minimum absolute atomic E-state index is 0.0451. The highest BCUT2D eigenvalue weighted by molar-refractivity contribution is 7.95. The van der Waals surface area contributed by atoms with E-state index in [1.165, 1.54) is 29.6 Å². The SMILES string of the molecule is CN(Cc1cccc(N2CCN([S+](=O)([O-])c3c(Cl)cccc3Cl)CC2)c1F)[S+](C)(=O)[O-]. The molecule has 7 nitrogen and oxygen atoms in total. The van der Waals surface area contributed by atoms with Crippen LogP contribution in [0.3, 0.4) is 0 Å². The van der Waals surface area contributed by atoms with Gasteiger partial charge in [-0.15, -0.1) is 8.61 Å². The molecule has 1 saturated heterocycles. The molecule has 2 aromatic rings. The van der Waals surface area contributed by atoms with Crippen LogP contribution in [0.15, 0.2) is 41.3 Å². The summed E-state index contributed by atoms with van der Waals surface area (Å²) >= 11 is 12.1. The van der Waals surface area contributed by atoms with Crippen LogP contribution in [0.4, 0.5) is 10.1 Å². The summed E-state index contributed by atoms with van der Waals surface area (Å²) in [4.78, 5) is 1.60. The van der Waals surface area contributed by atoms with Gasteiger partial charge in [0.1, 0.15) is 16.7 Å². The Bertz CT molecular complexity index is 1040. The minimum Gasteiger partial charge on any atom is -0.598 e. The zero-order valence-electron chi connectivity index (χ0n) is 16.9. The largest absolute Gasteiger partial charge is 0.598 e. The van der Waals surface area contributed by atoms with Gasteiger partial charge >= 0.3 is 0 Å². The lowest BCUT2D eigenvalue weighted by molar-refractivity contribution is 0.337. The molecule has 170 valence electrons. The molecule has 0 aliphatic carbocycles.